The van der Waals surface area contributed by atoms with E-state index in [9.17, 15) is 4.79 Å². The van der Waals surface area contributed by atoms with Crippen molar-refractivity contribution in [1.82, 2.24) is 0 Å². The first-order chi connectivity index (χ1) is 8.13. The number of aliphatic carboxylic acids is 1. The van der Waals surface area contributed by atoms with Crippen LogP contribution in [-0.4, -0.2) is 18.2 Å². The predicted octanol–water partition coefficient (Wildman–Crippen LogP) is 2.84. The van der Waals surface area contributed by atoms with Crippen LogP contribution in [0.3, 0.4) is 0 Å². The Morgan fingerprint density at radius 1 is 1.53 bits per heavy atom. The second-order valence-corrected chi connectivity index (χ2v) is 4.69. The number of carboxylic acids is 1. The molecule has 1 N–H and O–H groups in total. The highest BCUT2D eigenvalue weighted by atomic mass is 16.5. The zero-order valence-electron chi connectivity index (χ0n) is 10.3. The molecule has 0 saturated carbocycles. The summed E-state index contributed by atoms with van der Waals surface area (Å²) in [4.78, 5) is 11.1. The first-order valence-corrected chi connectivity index (χ1v) is 6.03. The molecule has 0 fully saturated rings. The summed E-state index contributed by atoms with van der Waals surface area (Å²) in [6.45, 7) is 1.80. The van der Waals surface area contributed by atoms with Gasteiger partial charge in [0.15, 0.2) is 0 Å². The van der Waals surface area contributed by atoms with E-state index in [0.717, 1.165) is 25.0 Å². The van der Waals surface area contributed by atoms with Gasteiger partial charge in [0.2, 0.25) is 0 Å². The van der Waals surface area contributed by atoms with Gasteiger partial charge in [-0.05, 0) is 48.4 Å². The lowest BCUT2D eigenvalue weighted by Crippen LogP contribution is -2.22. The van der Waals surface area contributed by atoms with Crippen molar-refractivity contribution in [2.75, 3.05) is 7.11 Å². The number of rotatable bonds is 3. The van der Waals surface area contributed by atoms with Crippen LogP contribution in [0.2, 0.25) is 0 Å². The molecule has 0 spiro atoms. The Hall–Kier alpha value is -1.51. The lowest BCUT2D eigenvalue weighted by atomic mass is 9.76. The van der Waals surface area contributed by atoms with E-state index in [1.165, 1.54) is 11.1 Å². The molecule has 2 rings (SSSR count). The number of hydrogen-bond donors (Lipinski definition) is 1. The molecule has 0 saturated heterocycles. The van der Waals surface area contributed by atoms with Crippen molar-refractivity contribution >= 4 is 5.97 Å². The van der Waals surface area contributed by atoms with Crippen LogP contribution in [0.1, 0.15) is 36.8 Å². The molecule has 1 aliphatic carbocycles. The molecule has 1 aliphatic rings. The Labute approximate surface area is 101 Å². The molecule has 0 amide bonds. The molecule has 0 heterocycles. The topological polar surface area (TPSA) is 46.5 Å². The van der Waals surface area contributed by atoms with Crippen molar-refractivity contribution < 1.29 is 14.6 Å². The van der Waals surface area contributed by atoms with Crippen LogP contribution in [0, 0.1) is 5.92 Å². The van der Waals surface area contributed by atoms with Crippen molar-refractivity contribution in [3.63, 3.8) is 0 Å². The first kappa shape index (κ1) is 12.0. The smallest absolute Gasteiger partial charge is 0.306 e. The van der Waals surface area contributed by atoms with Gasteiger partial charge in [0.05, 0.1) is 13.0 Å². The number of ether oxygens (including phenoxy) is 1. The molecule has 0 unspecified atom stereocenters. The summed E-state index contributed by atoms with van der Waals surface area (Å²) < 4.78 is 5.21. The van der Waals surface area contributed by atoms with Crippen LogP contribution in [0.15, 0.2) is 18.2 Å². The number of carboxylic acid groups (broad SMARTS) is 1. The maximum atomic E-state index is 11.1. The minimum absolute atomic E-state index is 0.141. The average molecular weight is 234 g/mol. The second-order valence-electron chi connectivity index (χ2n) is 4.69. The van der Waals surface area contributed by atoms with E-state index in [1.54, 1.807) is 14.0 Å². The van der Waals surface area contributed by atoms with Gasteiger partial charge in [-0.15, -0.1) is 0 Å². The minimum Gasteiger partial charge on any atom is -0.497 e. The lowest BCUT2D eigenvalue weighted by Gasteiger charge is -2.28. The Morgan fingerprint density at radius 2 is 2.29 bits per heavy atom. The van der Waals surface area contributed by atoms with Gasteiger partial charge in [-0.1, -0.05) is 13.0 Å². The monoisotopic (exact) mass is 234 g/mol. The van der Waals surface area contributed by atoms with Crippen LogP contribution < -0.4 is 4.74 Å². The van der Waals surface area contributed by atoms with E-state index in [0.29, 0.717) is 0 Å². The van der Waals surface area contributed by atoms with E-state index >= 15 is 0 Å². The van der Waals surface area contributed by atoms with Gasteiger partial charge in [-0.3, -0.25) is 4.79 Å². The Kier molecular flexibility index (Phi) is 3.36. The highest BCUT2D eigenvalue weighted by Crippen LogP contribution is 2.38. The summed E-state index contributed by atoms with van der Waals surface area (Å²) in [7, 11) is 1.65. The van der Waals surface area contributed by atoms with Crippen LogP contribution in [0.4, 0.5) is 0 Å². The van der Waals surface area contributed by atoms with Crippen LogP contribution in [0.25, 0.3) is 0 Å². The van der Waals surface area contributed by atoms with Gasteiger partial charge >= 0.3 is 5.97 Å². The van der Waals surface area contributed by atoms with E-state index in [4.69, 9.17) is 9.84 Å². The number of methoxy groups -OCH3 is 1. The van der Waals surface area contributed by atoms with Crippen molar-refractivity contribution in [1.29, 1.82) is 0 Å². The highest BCUT2D eigenvalue weighted by molar-refractivity contribution is 5.71. The zero-order valence-corrected chi connectivity index (χ0v) is 10.3. The van der Waals surface area contributed by atoms with Crippen molar-refractivity contribution in [3.05, 3.63) is 29.3 Å². The predicted molar refractivity (Wildman–Crippen MR) is 65.5 cm³/mol. The third-order valence-electron chi connectivity index (χ3n) is 3.70. The zero-order chi connectivity index (χ0) is 12.4. The fourth-order valence-electron chi connectivity index (χ4n) is 2.65. The first-order valence-electron chi connectivity index (χ1n) is 6.03. The van der Waals surface area contributed by atoms with E-state index in [1.807, 2.05) is 18.2 Å². The van der Waals surface area contributed by atoms with Crippen LogP contribution in [0.5, 0.6) is 5.75 Å². The summed E-state index contributed by atoms with van der Waals surface area (Å²) in [6.07, 6.45) is 3.05. The number of benzene rings is 1. The molecule has 2 atom stereocenters. The van der Waals surface area contributed by atoms with Crippen molar-refractivity contribution in [2.24, 2.45) is 5.92 Å². The fourth-order valence-corrected chi connectivity index (χ4v) is 2.65. The Morgan fingerprint density at radius 3 is 2.94 bits per heavy atom. The third-order valence-corrected chi connectivity index (χ3v) is 3.70. The van der Waals surface area contributed by atoms with Crippen molar-refractivity contribution in [3.8, 4) is 5.75 Å². The molecule has 1 aromatic carbocycles. The van der Waals surface area contributed by atoms with Gasteiger partial charge < -0.3 is 9.84 Å². The molecule has 17 heavy (non-hydrogen) atoms. The second kappa shape index (κ2) is 4.78. The molecule has 0 bridgehead atoms. The lowest BCUT2D eigenvalue weighted by molar-refractivity contribution is -0.142. The Balaban J connectivity index is 2.34. The summed E-state index contributed by atoms with van der Waals surface area (Å²) in [6, 6.07) is 5.99. The average Bonchev–Trinajstić information content (AvgIpc) is 2.36. The fraction of sp³-hybridized carbons (Fsp3) is 0.500. The summed E-state index contributed by atoms with van der Waals surface area (Å²) in [5.74, 6) is -0.0318. The van der Waals surface area contributed by atoms with Gasteiger partial charge in [0.25, 0.3) is 0 Å². The molecule has 3 nitrogen and oxygen atoms in total. The minimum atomic E-state index is -0.710. The van der Waals surface area contributed by atoms with Gasteiger partial charge in [0, 0.05) is 0 Å². The van der Waals surface area contributed by atoms with Gasteiger partial charge in [-0.2, -0.15) is 0 Å². The quantitative estimate of drug-likeness (QED) is 0.874. The van der Waals surface area contributed by atoms with E-state index < -0.39 is 5.97 Å². The third kappa shape index (κ3) is 2.28. The van der Waals surface area contributed by atoms with Crippen molar-refractivity contribution in [2.45, 2.75) is 32.1 Å². The normalized spacial score (nSPS) is 20.5. The SMILES string of the molecule is COc1ccc2c(c1)CCC[C@H]2[C@@H](C)C(=O)O. The summed E-state index contributed by atoms with van der Waals surface area (Å²) in [5, 5.41) is 9.14. The van der Waals surface area contributed by atoms with E-state index in [2.05, 4.69) is 0 Å². The van der Waals surface area contributed by atoms with Gasteiger partial charge in [0.1, 0.15) is 5.75 Å². The summed E-state index contributed by atoms with van der Waals surface area (Å²) >= 11 is 0. The Bertz CT molecular complexity index is 425. The molecule has 0 aliphatic heterocycles. The maximum Gasteiger partial charge on any atom is 0.306 e. The maximum absolute atomic E-state index is 11.1. The van der Waals surface area contributed by atoms with Crippen LogP contribution >= 0.6 is 0 Å². The molecule has 1 aromatic rings. The number of aryl methyl sites for hydroxylation is 1. The van der Waals surface area contributed by atoms with E-state index in [-0.39, 0.29) is 11.8 Å². The molecule has 0 radical (unpaired) electrons. The standard InChI is InChI=1S/C14H18O3/c1-9(14(15)16)12-5-3-4-10-8-11(17-2)6-7-13(10)12/h6-9,12H,3-5H2,1-2H3,(H,15,16)/t9-,12+/m1/s1. The molecular weight excluding hydrogens is 216 g/mol. The highest BCUT2D eigenvalue weighted by Gasteiger charge is 2.29. The number of fused-ring (bicyclic) bond motifs is 1. The molecule has 3 heteroatoms. The summed E-state index contributed by atoms with van der Waals surface area (Å²) in [5.41, 5.74) is 2.43. The molecule has 0 aromatic heterocycles. The number of hydrogen-bond acceptors (Lipinski definition) is 2. The largest absolute Gasteiger partial charge is 0.497 e. The molecule has 92 valence electrons. The number of carbonyl (C=O) groups is 1. The van der Waals surface area contributed by atoms with Gasteiger partial charge in [-0.25, -0.2) is 0 Å². The molecular formula is C14H18O3. The van der Waals surface area contributed by atoms with Crippen LogP contribution in [-0.2, 0) is 11.2 Å².